The molecule has 0 aromatic heterocycles. The Balaban J connectivity index is 2.50. The summed E-state index contributed by atoms with van der Waals surface area (Å²) in [6.45, 7) is 0.742. The van der Waals surface area contributed by atoms with Crippen molar-refractivity contribution in [3.8, 4) is 0 Å². The first-order valence-corrected chi connectivity index (χ1v) is 4.48. The molecule has 1 aromatic rings. The lowest BCUT2D eigenvalue weighted by molar-refractivity contribution is 0.405. The van der Waals surface area contributed by atoms with Gasteiger partial charge in [-0.2, -0.15) is 0 Å². The summed E-state index contributed by atoms with van der Waals surface area (Å²) in [7, 11) is 1.65. The van der Waals surface area contributed by atoms with Crippen LogP contribution in [0.1, 0.15) is 11.1 Å². The molecule has 12 heavy (non-hydrogen) atoms. The fraction of sp³-hybridized carbons (Fsp3) is 0.222. The molecular formula is C9H8BrNO. The Morgan fingerprint density at radius 1 is 1.50 bits per heavy atom. The molecule has 1 aromatic carbocycles. The van der Waals surface area contributed by atoms with Gasteiger partial charge in [-0.25, -0.2) is 4.99 Å². The van der Waals surface area contributed by atoms with E-state index in [1.807, 2.05) is 12.1 Å². The second-order valence-electron chi connectivity index (χ2n) is 2.63. The highest BCUT2D eigenvalue weighted by Gasteiger charge is 2.15. The lowest BCUT2D eigenvalue weighted by Gasteiger charge is -2.01. The predicted octanol–water partition coefficient (Wildman–Crippen LogP) is 2.36. The summed E-state index contributed by atoms with van der Waals surface area (Å²) >= 11 is 3.41. The molecule has 0 radical (unpaired) electrons. The fourth-order valence-electron chi connectivity index (χ4n) is 1.30. The van der Waals surface area contributed by atoms with Crippen molar-refractivity contribution < 1.29 is 4.74 Å². The molecule has 0 saturated heterocycles. The van der Waals surface area contributed by atoms with Crippen LogP contribution in [0.2, 0.25) is 0 Å². The monoisotopic (exact) mass is 225 g/mol. The van der Waals surface area contributed by atoms with Crippen molar-refractivity contribution in [2.75, 3.05) is 7.11 Å². The van der Waals surface area contributed by atoms with Gasteiger partial charge < -0.3 is 4.74 Å². The number of benzene rings is 1. The average molecular weight is 226 g/mol. The summed E-state index contributed by atoms with van der Waals surface area (Å²) in [5, 5.41) is 0. The van der Waals surface area contributed by atoms with Gasteiger partial charge in [-0.1, -0.05) is 22.0 Å². The molecule has 2 rings (SSSR count). The van der Waals surface area contributed by atoms with Gasteiger partial charge in [0, 0.05) is 10.0 Å². The van der Waals surface area contributed by atoms with E-state index in [9.17, 15) is 0 Å². The molecule has 0 unspecified atom stereocenters. The number of methoxy groups -OCH3 is 1. The van der Waals surface area contributed by atoms with Gasteiger partial charge in [0.1, 0.15) is 0 Å². The highest BCUT2D eigenvalue weighted by Crippen LogP contribution is 2.22. The lowest BCUT2D eigenvalue weighted by Crippen LogP contribution is -1.99. The first-order valence-electron chi connectivity index (χ1n) is 3.68. The van der Waals surface area contributed by atoms with E-state index in [4.69, 9.17) is 4.74 Å². The number of nitrogens with zero attached hydrogens (tertiary/aromatic N) is 1. The van der Waals surface area contributed by atoms with Crippen LogP contribution in [0, 0.1) is 0 Å². The van der Waals surface area contributed by atoms with Crippen molar-refractivity contribution in [1.82, 2.24) is 0 Å². The third-order valence-corrected chi connectivity index (χ3v) is 2.38. The van der Waals surface area contributed by atoms with Crippen molar-refractivity contribution >= 4 is 21.8 Å². The Morgan fingerprint density at radius 2 is 2.33 bits per heavy atom. The smallest absolute Gasteiger partial charge is 0.216 e. The zero-order valence-electron chi connectivity index (χ0n) is 6.67. The summed E-state index contributed by atoms with van der Waals surface area (Å²) in [5.41, 5.74) is 2.34. The molecule has 1 heterocycles. The van der Waals surface area contributed by atoms with Crippen LogP contribution in [0.15, 0.2) is 27.7 Å². The number of halogens is 1. The van der Waals surface area contributed by atoms with Gasteiger partial charge in [-0.05, 0) is 17.7 Å². The Kier molecular flexibility index (Phi) is 1.89. The number of hydrogen-bond donors (Lipinski definition) is 0. The maximum Gasteiger partial charge on any atom is 0.216 e. The van der Waals surface area contributed by atoms with E-state index >= 15 is 0 Å². The average Bonchev–Trinajstić information content (AvgIpc) is 2.46. The van der Waals surface area contributed by atoms with Crippen molar-refractivity contribution in [3.05, 3.63) is 33.8 Å². The number of aliphatic imine (C=N–C) groups is 1. The molecule has 0 spiro atoms. The summed E-state index contributed by atoms with van der Waals surface area (Å²) < 4.78 is 6.18. The molecule has 0 bridgehead atoms. The second kappa shape index (κ2) is 2.90. The highest BCUT2D eigenvalue weighted by molar-refractivity contribution is 9.10. The quantitative estimate of drug-likeness (QED) is 0.665. The lowest BCUT2D eigenvalue weighted by atomic mass is 10.1. The van der Waals surface area contributed by atoms with E-state index in [0.717, 1.165) is 22.5 Å². The minimum Gasteiger partial charge on any atom is -0.481 e. The molecule has 0 saturated carbocycles. The predicted molar refractivity (Wildman–Crippen MR) is 51.4 cm³/mol. The molecule has 1 aliphatic rings. The van der Waals surface area contributed by atoms with Gasteiger partial charge in [-0.15, -0.1) is 0 Å². The number of ether oxygens (including phenoxy) is 1. The zero-order chi connectivity index (χ0) is 8.55. The van der Waals surface area contributed by atoms with Crippen LogP contribution in [-0.2, 0) is 11.3 Å². The Hall–Kier alpha value is -0.830. The van der Waals surface area contributed by atoms with Crippen molar-refractivity contribution in [2.45, 2.75) is 6.54 Å². The van der Waals surface area contributed by atoms with Crippen LogP contribution >= 0.6 is 15.9 Å². The van der Waals surface area contributed by atoms with Gasteiger partial charge in [0.05, 0.1) is 13.7 Å². The molecule has 0 amide bonds. The van der Waals surface area contributed by atoms with E-state index < -0.39 is 0 Å². The summed E-state index contributed by atoms with van der Waals surface area (Å²) in [5.74, 6) is 0.742. The zero-order valence-corrected chi connectivity index (χ0v) is 8.26. The normalized spacial score (nSPS) is 14.0. The van der Waals surface area contributed by atoms with Gasteiger partial charge in [0.2, 0.25) is 5.90 Å². The molecule has 1 aliphatic heterocycles. The molecule has 0 N–H and O–H groups in total. The largest absolute Gasteiger partial charge is 0.481 e. The van der Waals surface area contributed by atoms with Crippen LogP contribution in [0.5, 0.6) is 0 Å². The maximum atomic E-state index is 5.12. The van der Waals surface area contributed by atoms with Gasteiger partial charge in [0.25, 0.3) is 0 Å². The van der Waals surface area contributed by atoms with E-state index in [1.54, 1.807) is 7.11 Å². The topological polar surface area (TPSA) is 21.6 Å². The van der Waals surface area contributed by atoms with Crippen molar-refractivity contribution in [2.24, 2.45) is 4.99 Å². The molecule has 3 heteroatoms. The maximum absolute atomic E-state index is 5.12. The van der Waals surface area contributed by atoms with Crippen molar-refractivity contribution in [1.29, 1.82) is 0 Å². The van der Waals surface area contributed by atoms with E-state index in [-0.39, 0.29) is 0 Å². The Morgan fingerprint density at radius 3 is 3.08 bits per heavy atom. The SMILES string of the molecule is COC1=NCc2ccc(Br)cc21. The van der Waals surface area contributed by atoms with Crippen LogP contribution in [-0.4, -0.2) is 13.0 Å². The molecule has 62 valence electrons. The fourth-order valence-corrected chi connectivity index (χ4v) is 1.66. The van der Waals surface area contributed by atoms with Gasteiger partial charge in [0.15, 0.2) is 0 Å². The van der Waals surface area contributed by atoms with Gasteiger partial charge in [-0.3, -0.25) is 0 Å². The van der Waals surface area contributed by atoms with Crippen LogP contribution < -0.4 is 0 Å². The molecule has 0 fully saturated rings. The second-order valence-corrected chi connectivity index (χ2v) is 3.54. The number of hydrogen-bond acceptors (Lipinski definition) is 2. The van der Waals surface area contributed by atoms with E-state index in [0.29, 0.717) is 0 Å². The Labute approximate surface area is 79.4 Å². The standard InChI is InChI=1S/C9H8BrNO/c1-12-9-8-4-7(10)3-2-6(8)5-11-9/h2-4H,5H2,1H3. The summed E-state index contributed by atoms with van der Waals surface area (Å²) in [6, 6.07) is 6.12. The highest BCUT2D eigenvalue weighted by atomic mass is 79.9. The molecular weight excluding hydrogens is 218 g/mol. The molecule has 2 nitrogen and oxygen atoms in total. The molecule has 0 atom stereocenters. The first kappa shape index (κ1) is 7.80. The summed E-state index contributed by atoms with van der Waals surface area (Å²) in [6.07, 6.45) is 0. The first-order chi connectivity index (χ1) is 5.81. The number of rotatable bonds is 0. The van der Waals surface area contributed by atoms with Gasteiger partial charge >= 0.3 is 0 Å². The minimum atomic E-state index is 0.742. The number of fused-ring (bicyclic) bond motifs is 1. The molecule has 0 aliphatic carbocycles. The third kappa shape index (κ3) is 1.14. The van der Waals surface area contributed by atoms with Crippen molar-refractivity contribution in [3.63, 3.8) is 0 Å². The third-order valence-electron chi connectivity index (χ3n) is 1.89. The van der Waals surface area contributed by atoms with Crippen LogP contribution in [0.3, 0.4) is 0 Å². The minimum absolute atomic E-state index is 0.742. The summed E-state index contributed by atoms with van der Waals surface area (Å²) in [4.78, 5) is 4.24. The van der Waals surface area contributed by atoms with Crippen LogP contribution in [0.25, 0.3) is 0 Å². The van der Waals surface area contributed by atoms with E-state index in [1.165, 1.54) is 5.56 Å². The van der Waals surface area contributed by atoms with Crippen LogP contribution in [0.4, 0.5) is 0 Å². The van der Waals surface area contributed by atoms with E-state index in [2.05, 4.69) is 27.0 Å². The Bertz CT molecular complexity index is 346.